The van der Waals surface area contributed by atoms with E-state index in [2.05, 4.69) is 10.3 Å². The zero-order valence-electron chi connectivity index (χ0n) is 9.02. The van der Waals surface area contributed by atoms with Crippen LogP contribution >= 0.6 is 22.9 Å². The number of benzene rings is 1. The van der Waals surface area contributed by atoms with E-state index in [9.17, 15) is 4.79 Å². The van der Waals surface area contributed by atoms with Crippen molar-refractivity contribution in [2.45, 2.75) is 13.0 Å². The summed E-state index contributed by atoms with van der Waals surface area (Å²) in [5.74, 6) is -0.0455. The molecule has 0 fully saturated rings. The Kier molecular flexibility index (Phi) is 4.12. The monoisotopic (exact) mass is 266 g/mol. The van der Waals surface area contributed by atoms with Gasteiger partial charge in [0.05, 0.1) is 17.6 Å². The Bertz CT molecular complexity index is 499. The number of thiazole rings is 1. The molecule has 0 unspecified atom stereocenters. The first-order valence-corrected chi connectivity index (χ1v) is 6.45. The molecular formula is C12H11ClN2OS. The Morgan fingerprint density at radius 3 is 2.94 bits per heavy atom. The maximum absolute atomic E-state index is 11.6. The first-order valence-electron chi connectivity index (χ1n) is 5.13. The second-order valence-electron chi connectivity index (χ2n) is 3.52. The lowest BCUT2D eigenvalue weighted by Crippen LogP contribution is -2.24. The van der Waals surface area contributed by atoms with Crippen LogP contribution < -0.4 is 5.32 Å². The normalized spacial score (nSPS) is 10.2. The minimum atomic E-state index is -0.0455. The summed E-state index contributed by atoms with van der Waals surface area (Å²) in [6.45, 7) is 0.447. The molecule has 0 bridgehead atoms. The van der Waals surface area contributed by atoms with Crippen LogP contribution in [0.2, 0.25) is 5.02 Å². The van der Waals surface area contributed by atoms with Gasteiger partial charge in [-0.3, -0.25) is 4.79 Å². The lowest BCUT2D eigenvalue weighted by atomic mass is 10.2. The molecule has 1 N–H and O–H groups in total. The Morgan fingerprint density at radius 2 is 2.24 bits per heavy atom. The molecule has 0 atom stereocenters. The second kappa shape index (κ2) is 5.80. The average Bonchev–Trinajstić information content (AvgIpc) is 2.81. The highest BCUT2D eigenvalue weighted by Crippen LogP contribution is 2.14. The molecular weight excluding hydrogens is 256 g/mol. The number of carbonyl (C=O) groups excluding carboxylic acids is 1. The molecule has 1 aromatic carbocycles. The first-order chi connectivity index (χ1) is 8.25. The van der Waals surface area contributed by atoms with Crippen molar-refractivity contribution in [3.05, 3.63) is 51.4 Å². The highest BCUT2D eigenvalue weighted by molar-refractivity contribution is 7.07. The summed E-state index contributed by atoms with van der Waals surface area (Å²) in [5.41, 5.74) is 3.43. The Morgan fingerprint density at radius 1 is 1.41 bits per heavy atom. The van der Waals surface area contributed by atoms with Gasteiger partial charge in [-0.1, -0.05) is 29.8 Å². The number of hydrogen-bond acceptors (Lipinski definition) is 3. The highest BCUT2D eigenvalue weighted by atomic mass is 35.5. The third kappa shape index (κ3) is 3.54. The van der Waals surface area contributed by atoms with Crippen LogP contribution in [0.25, 0.3) is 0 Å². The zero-order valence-corrected chi connectivity index (χ0v) is 10.6. The standard InChI is InChI=1S/C12H11ClN2OS/c13-11-4-2-1-3-9(11)6-14-12(16)5-10-7-17-8-15-10/h1-4,7-8H,5-6H2,(H,14,16). The number of hydrogen-bond donors (Lipinski definition) is 1. The van der Waals surface area contributed by atoms with Gasteiger partial charge in [-0.2, -0.15) is 0 Å². The van der Waals surface area contributed by atoms with Gasteiger partial charge < -0.3 is 5.32 Å². The van der Waals surface area contributed by atoms with Gasteiger partial charge in [0.2, 0.25) is 5.91 Å². The summed E-state index contributed by atoms with van der Waals surface area (Å²) in [6, 6.07) is 7.46. The molecule has 0 spiro atoms. The minimum Gasteiger partial charge on any atom is -0.352 e. The molecule has 1 heterocycles. The molecule has 3 nitrogen and oxygen atoms in total. The first kappa shape index (κ1) is 12.1. The van der Waals surface area contributed by atoms with Crippen molar-refractivity contribution in [1.29, 1.82) is 0 Å². The highest BCUT2D eigenvalue weighted by Gasteiger charge is 2.05. The Balaban J connectivity index is 1.86. The van der Waals surface area contributed by atoms with Crippen molar-refractivity contribution >= 4 is 28.8 Å². The predicted octanol–water partition coefficient (Wildman–Crippen LogP) is 2.66. The minimum absolute atomic E-state index is 0.0455. The van der Waals surface area contributed by atoms with Crippen LogP contribution in [0.4, 0.5) is 0 Å². The molecule has 2 aromatic rings. The van der Waals surface area contributed by atoms with Crippen LogP contribution in [-0.4, -0.2) is 10.9 Å². The van der Waals surface area contributed by atoms with Gasteiger partial charge >= 0.3 is 0 Å². The van der Waals surface area contributed by atoms with Crippen molar-refractivity contribution < 1.29 is 4.79 Å². The lowest BCUT2D eigenvalue weighted by Gasteiger charge is -2.05. The molecule has 1 amide bonds. The predicted molar refractivity (Wildman–Crippen MR) is 69.1 cm³/mol. The molecule has 0 saturated carbocycles. The molecule has 0 aliphatic carbocycles. The maximum atomic E-state index is 11.6. The van der Waals surface area contributed by atoms with Crippen LogP contribution in [0.15, 0.2) is 35.2 Å². The number of halogens is 1. The van der Waals surface area contributed by atoms with Gasteiger partial charge in [0.15, 0.2) is 0 Å². The summed E-state index contributed by atoms with van der Waals surface area (Å²) in [6.07, 6.45) is 0.313. The summed E-state index contributed by atoms with van der Waals surface area (Å²) in [4.78, 5) is 15.7. The number of nitrogens with one attached hydrogen (secondary N) is 1. The molecule has 0 saturated heterocycles. The second-order valence-corrected chi connectivity index (χ2v) is 4.65. The van der Waals surface area contributed by atoms with Gasteiger partial charge in [-0.25, -0.2) is 4.98 Å². The van der Waals surface area contributed by atoms with E-state index in [1.54, 1.807) is 5.51 Å². The molecule has 17 heavy (non-hydrogen) atoms. The van der Waals surface area contributed by atoms with Crippen molar-refractivity contribution in [3.63, 3.8) is 0 Å². The van der Waals surface area contributed by atoms with Crippen molar-refractivity contribution in [2.75, 3.05) is 0 Å². The zero-order chi connectivity index (χ0) is 12.1. The molecule has 2 rings (SSSR count). The maximum Gasteiger partial charge on any atom is 0.226 e. The fourth-order valence-corrected chi connectivity index (χ4v) is 2.15. The van der Waals surface area contributed by atoms with E-state index in [1.165, 1.54) is 11.3 Å². The summed E-state index contributed by atoms with van der Waals surface area (Å²) in [7, 11) is 0. The molecule has 88 valence electrons. The average molecular weight is 267 g/mol. The molecule has 1 aromatic heterocycles. The summed E-state index contributed by atoms with van der Waals surface area (Å²) >= 11 is 7.47. The van der Waals surface area contributed by atoms with Gasteiger partial charge in [0.1, 0.15) is 0 Å². The number of carbonyl (C=O) groups is 1. The third-order valence-corrected chi connectivity index (χ3v) is 3.26. The molecule has 0 aliphatic heterocycles. The number of nitrogens with zero attached hydrogens (tertiary/aromatic N) is 1. The van der Waals surface area contributed by atoms with E-state index >= 15 is 0 Å². The van der Waals surface area contributed by atoms with Gasteiger partial charge in [0, 0.05) is 16.9 Å². The number of aromatic nitrogens is 1. The lowest BCUT2D eigenvalue weighted by molar-refractivity contribution is -0.120. The van der Waals surface area contributed by atoms with E-state index < -0.39 is 0 Å². The van der Waals surface area contributed by atoms with Crippen LogP contribution in [-0.2, 0) is 17.8 Å². The van der Waals surface area contributed by atoms with Crippen molar-refractivity contribution in [1.82, 2.24) is 10.3 Å². The molecule has 0 radical (unpaired) electrons. The fourth-order valence-electron chi connectivity index (χ4n) is 1.39. The van der Waals surface area contributed by atoms with E-state index in [0.29, 0.717) is 18.0 Å². The smallest absolute Gasteiger partial charge is 0.226 e. The topological polar surface area (TPSA) is 42.0 Å². The number of rotatable bonds is 4. The molecule has 0 aliphatic rings. The SMILES string of the molecule is O=C(Cc1cscn1)NCc1ccccc1Cl. The third-order valence-electron chi connectivity index (χ3n) is 2.26. The van der Waals surface area contributed by atoms with Crippen molar-refractivity contribution in [2.24, 2.45) is 0 Å². The van der Waals surface area contributed by atoms with Gasteiger partial charge in [0.25, 0.3) is 0 Å². The van der Waals surface area contributed by atoms with E-state index in [4.69, 9.17) is 11.6 Å². The number of amides is 1. The Labute approximate surface area is 108 Å². The van der Waals surface area contributed by atoms with E-state index in [-0.39, 0.29) is 5.91 Å². The van der Waals surface area contributed by atoms with Crippen LogP contribution in [0, 0.1) is 0 Å². The molecule has 5 heteroatoms. The van der Waals surface area contributed by atoms with Gasteiger partial charge in [-0.05, 0) is 11.6 Å². The van der Waals surface area contributed by atoms with Crippen LogP contribution in [0.1, 0.15) is 11.3 Å². The van der Waals surface area contributed by atoms with E-state index in [0.717, 1.165) is 11.3 Å². The largest absolute Gasteiger partial charge is 0.352 e. The Hall–Kier alpha value is -1.39. The van der Waals surface area contributed by atoms with Crippen LogP contribution in [0.5, 0.6) is 0 Å². The fraction of sp³-hybridized carbons (Fsp3) is 0.167. The quantitative estimate of drug-likeness (QED) is 0.924. The van der Waals surface area contributed by atoms with Crippen LogP contribution in [0.3, 0.4) is 0 Å². The van der Waals surface area contributed by atoms with Crippen molar-refractivity contribution in [3.8, 4) is 0 Å². The summed E-state index contributed by atoms with van der Waals surface area (Å²) < 4.78 is 0. The van der Waals surface area contributed by atoms with E-state index in [1.807, 2.05) is 29.6 Å². The van der Waals surface area contributed by atoms with Gasteiger partial charge in [-0.15, -0.1) is 11.3 Å². The summed E-state index contributed by atoms with van der Waals surface area (Å²) in [5, 5.41) is 5.36.